The number of benzene rings is 2. The third-order valence-corrected chi connectivity index (χ3v) is 2.60. The zero-order chi connectivity index (χ0) is 14.4. The standard InChI is InChI=1S/C15H15FN2O2/c16-12-4-1-3-11(7-12)9-18-13-5-2-6-14(8-13)20-10-15(17)19/h1-8,18H,9-10H2,(H2,17,19). The molecule has 2 aromatic carbocycles. The Bertz CT molecular complexity index is 602. The normalized spacial score (nSPS) is 10.1. The highest BCUT2D eigenvalue weighted by Gasteiger charge is 2.00. The molecule has 0 fully saturated rings. The largest absolute Gasteiger partial charge is 0.484 e. The first-order valence-corrected chi connectivity index (χ1v) is 6.13. The van der Waals surface area contributed by atoms with Crippen molar-refractivity contribution in [1.82, 2.24) is 0 Å². The predicted octanol–water partition coefficient (Wildman–Crippen LogP) is 2.30. The van der Waals surface area contributed by atoms with Gasteiger partial charge in [0.25, 0.3) is 5.91 Å². The highest BCUT2D eigenvalue weighted by Crippen LogP contribution is 2.18. The van der Waals surface area contributed by atoms with Crippen LogP contribution in [0, 0.1) is 5.82 Å². The zero-order valence-electron chi connectivity index (χ0n) is 10.8. The molecule has 0 unspecified atom stereocenters. The lowest BCUT2D eigenvalue weighted by molar-refractivity contribution is -0.119. The summed E-state index contributed by atoms with van der Waals surface area (Å²) in [6, 6.07) is 13.5. The minimum absolute atomic E-state index is 0.159. The second-order valence-electron chi connectivity index (χ2n) is 4.27. The lowest BCUT2D eigenvalue weighted by atomic mass is 10.2. The van der Waals surface area contributed by atoms with Crippen molar-refractivity contribution in [2.75, 3.05) is 11.9 Å². The Morgan fingerprint density at radius 2 is 2.00 bits per heavy atom. The number of primary amides is 1. The maximum absolute atomic E-state index is 13.0. The van der Waals surface area contributed by atoms with Crippen LogP contribution in [0.15, 0.2) is 48.5 Å². The Labute approximate surface area is 116 Å². The molecular weight excluding hydrogens is 259 g/mol. The summed E-state index contributed by atoms with van der Waals surface area (Å²) in [5, 5.41) is 3.15. The van der Waals surface area contributed by atoms with Crippen LogP contribution in [0.1, 0.15) is 5.56 Å². The average molecular weight is 274 g/mol. The lowest BCUT2D eigenvalue weighted by Gasteiger charge is -2.09. The Hall–Kier alpha value is -2.56. The number of carbonyl (C=O) groups excluding carboxylic acids is 1. The van der Waals surface area contributed by atoms with Crippen LogP contribution in [0.25, 0.3) is 0 Å². The Morgan fingerprint density at radius 1 is 1.20 bits per heavy atom. The predicted molar refractivity (Wildman–Crippen MR) is 74.9 cm³/mol. The molecule has 5 heteroatoms. The van der Waals surface area contributed by atoms with Crippen LogP contribution in [-0.2, 0) is 11.3 Å². The van der Waals surface area contributed by atoms with E-state index in [4.69, 9.17) is 10.5 Å². The van der Waals surface area contributed by atoms with Gasteiger partial charge in [0.15, 0.2) is 6.61 Å². The van der Waals surface area contributed by atoms with Gasteiger partial charge in [-0.15, -0.1) is 0 Å². The van der Waals surface area contributed by atoms with E-state index >= 15 is 0 Å². The van der Waals surface area contributed by atoms with Crippen molar-refractivity contribution >= 4 is 11.6 Å². The summed E-state index contributed by atoms with van der Waals surface area (Å²) in [6.07, 6.45) is 0. The molecule has 104 valence electrons. The molecule has 0 aliphatic carbocycles. The van der Waals surface area contributed by atoms with Gasteiger partial charge in [-0.25, -0.2) is 4.39 Å². The van der Waals surface area contributed by atoms with Crippen LogP contribution in [0.5, 0.6) is 5.75 Å². The SMILES string of the molecule is NC(=O)COc1cccc(NCc2cccc(F)c2)c1. The quantitative estimate of drug-likeness (QED) is 0.849. The molecule has 2 rings (SSSR count). The van der Waals surface area contributed by atoms with Crippen molar-refractivity contribution in [3.05, 3.63) is 59.9 Å². The molecule has 0 radical (unpaired) electrons. The summed E-state index contributed by atoms with van der Waals surface area (Å²) < 4.78 is 18.2. The number of hydrogen-bond donors (Lipinski definition) is 2. The van der Waals surface area contributed by atoms with E-state index in [0.717, 1.165) is 11.3 Å². The number of rotatable bonds is 6. The van der Waals surface area contributed by atoms with Crippen molar-refractivity contribution in [3.63, 3.8) is 0 Å². The topological polar surface area (TPSA) is 64.4 Å². The number of nitrogens with two attached hydrogens (primary N) is 1. The fourth-order valence-corrected chi connectivity index (χ4v) is 1.70. The Morgan fingerprint density at radius 3 is 2.75 bits per heavy atom. The summed E-state index contributed by atoms with van der Waals surface area (Å²) in [6.45, 7) is 0.338. The Balaban J connectivity index is 1.95. The number of carbonyl (C=O) groups is 1. The van der Waals surface area contributed by atoms with E-state index in [2.05, 4.69) is 5.32 Å². The minimum Gasteiger partial charge on any atom is -0.484 e. The van der Waals surface area contributed by atoms with Gasteiger partial charge in [-0.05, 0) is 29.8 Å². The van der Waals surface area contributed by atoms with Gasteiger partial charge >= 0.3 is 0 Å². The highest BCUT2D eigenvalue weighted by atomic mass is 19.1. The Kier molecular flexibility index (Phi) is 4.55. The van der Waals surface area contributed by atoms with E-state index in [1.807, 2.05) is 12.1 Å². The third-order valence-electron chi connectivity index (χ3n) is 2.60. The maximum atomic E-state index is 13.0. The van der Waals surface area contributed by atoms with Crippen LogP contribution < -0.4 is 15.8 Å². The van der Waals surface area contributed by atoms with Gasteiger partial charge in [-0.2, -0.15) is 0 Å². The van der Waals surface area contributed by atoms with Crippen LogP contribution in [-0.4, -0.2) is 12.5 Å². The van der Waals surface area contributed by atoms with Gasteiger partial charge in [0, 0.05) is 18.3 Å². The van der Waals surface area contributed by atoms with Crippen molar-refractivity contribution in [2.24, 2.45) is 5.73 Å². The molecule has 0 bridgehead atoms. The van der Waals surface area contributed by atoms with E-state index in [1.165, 1.54) is 12.1 Å². The van der Waals surface area contributed by atoms with Gasteiger partial charge in [0.2, 0.25) is 0 Å². The molecule has 0 saturated carbocycles. The molecule has 0 spiro atoms. The number of hydrogen-bond acceptors (Lipinski definition) is 3. The highest BCUT2D eigenvalue weighted by molar-refractivity contribution is 5.75. The van der Waals surface area contributed by atoms with Gasteiger partial charge < -0.3 is 15.8 Å². The van der Waals surface area contributed by atoms with Gasteiger partial charge in [-0.3, -0.25) is 4.79 Å². The van der Waals surface area contributed by atoms with Crippen LogP contribution in [0.2, 0.25) is 0 Å². The van der Waals surface area contributed by atoms with Crippen LogP contribution >= 0.6 is 0 Å². The number of nitrogens with one attached hydrogen (secondary N) is 1. The summed E-state index contributed by atoms with van der Waals surface area (Å²) in [5.41, 5.74) is 6.67. The van der Waals surface area contributed by atoms with E-state index in [1.54, 1.807) is 24.3 Å². The molecule has 0 aliphatic rings. The maximum Gasteiger partial charge on any atom is 0.255 e. The second kappa shape index (κ2) is 6.56. The first-order valence-electron chi connectivity index (χ1n) is 6.13. The molecule has 0 aromatic heterocycles. The van der Waals surface area contributed by atoms with E-state index in [9.17, 15) is 9.18 Å². The summed E-state index contributed by atoms with van der Waals surface area (Å²) in [5.74, 6) is -0.237. The van der Waals surface area contributed by atoms with E-state index in [-0.39, 0.29) is 12.4 Å². The van der Waals surface area contributed by atoms with E-state index < -0.39 is 5.91 Å². The molecule has 0 atom stereocenters. The van der Waals surface area contributed by atoms with Crippen LogP contribution in [0.3, 0.4) is 0 Å². The smallest absolute Gasteiger partial charge is 0.255 e. The summed E-state index contributed by atoms with van der Waals surface area (Å²) in [4.78, 5) is 10.6. The molecule has 1 amide bonds. The molecule has 0 saturated heterocycles. The summed E-state index contributed by atoms with van der Waals surface area (Å²) >= 11 is 0. The molecule has 4 nitrogen and oxygen atoms in total. The molecular formula is C15H15FN2O2. The first kappa shape index (κ1) is 13.9. The summed E-state index contributed by atoms with van der Waals surface area (Å²) in [7, 11) is 0. The number of ether oxygens (including phenoxy) is 1. The minimum atomic E-state index is -0.525. The van der Waals surface area contributed by atoms with Crippen molar-refractivity contribution < 1.29 is 13.9 Å². The van der Waals surface area contributed by atoms with E-state index in [0.29, 0.717) is 12.3 Å². The lowest BCUT2D eigenvalue weighted by Crippen LogP contribution is -2.20. The molecule has 20 heavy (non-hydrogen) atoms. The molecule has 0 aliphatic heterocycles. The third kappa shape index (κ3) is 4.28. The number of halogens is 1. The fraction of sp³-hybridized carbons (Fsp3) is 0.133. The van der Waals surface area contributed by atoms with Gasteiger partial charge in [0.1, 0.15) is 11.6 Å². The van der Waals surface area contributed by atoms with Gasteiger partial charge in [0.05, 0.1) is 0 Å². The van der Waals surface area contributed by atoms with Crippen molar-refractivity contribution in [3.8, 4) is 5.75 Å². The molecule has 0 heterocycles. The van der Waals surface area contributed by atoms with Crippen molar-refractivity contribution in [2.45, 2.75) is 6.54 Å². The molecule has 2 aromatic rings. The molecule has 3 N–H and O–H groups in total. The van der Waals surface area contributed by atoms with Crippen molar-refractivity contribution in [1.29, 1.82) is 0 Å². The second-order valence-corrected chi connectivity index (χ2v) is 4.27. The number of amides is 1. The van der Waals surface area contributed by atoms with Gasteiger partial charge in [-0.1, -0.05) is 18.2 Å². The first-order chi connectivity index (χ1) is 9.63. The number of anilines is 1. The fourth-order valence-electron chi connectivity index (χ4n) is 1.70. The van der Waals surface area contributed by atoms with Crippen LogP contribution in [0.4, 0.5) is 10.1 Å². The zero-order valence-corrected chi connectivity index (χ0v) is 10.8. The monoisotopic (exact) mass is 274 g/mol. The average Bonchev–Trinajstić information content (AvgIpc) is 2.43.